The van der Waals surface area contributed by atoms with Crippen LogP contribution in [-0.2, 0) is 17.8 Å². The molecule has 2 amide bonds. The Balaban J connectivity index is 2.10. The molecular formula is C15H19N5O2S. The minimum absolute atomic E-state index is 0.0782. The molecule has 2 aromatic rings. The van der Waals surface area contributed by atoms with E-state index < -0.39 is 0 Å². The molecule has 122 valence electrons. The summed E-state index contributed by atoms with van der Waals surface area (Å²) < 4.78 is 2.10. The van der Waals surface area contributed by atoms with Gasteiger partial charge in [-0.05, 0) is 36.8 Å². The van der Waals surface area contributed by atoms with E-state index >= 15 is 0 Å². The van der Waals surface area contributed by atoms with Crippen LogP contribution in [0.1, 0.15) is 29.5 Å². The van der Waals surface area contributed by atoms with Crippen LogP contribution < -0.4 is 10.6 Å². The van der Waals surface area contributed by atoms with Crippen LogP contribution in [0.5, 0.6) is 0 Å². The number of hydrogen-bond acceptors (Lipinski definition) is 4. The smallest absolute Gasteiger partial charge is 0.251 e. The number of rotatable bonds is 6. The Bertz CT molecular complexity index is 765. The highest BCUT2D eigenvalue weighted by Crippen LogP contribution is 2.11. The Hall–Kier alpha value is -2.48. The highest BCUT2D eigenvalue weighted by atomic mass is 32.1. The lowest BCUT2D eigenvalue weighted by molar-refractivity contribution is -0.116. The number of carbonyl (C=O) groups excluding carboxylic acids is 2. The van der Waals surface area contributed by atoms with Crippen molar-refractivity contribution in [3.8, 4) is 0 Å². The van der Waals surface area contributed by atoms with E-state index in [9.17, 15) is 9.59 Å². The average molecular weight is 333 g/mol. The lowest BCUT2D eigenvalue weighted by Gasteiger charge is -2.09. The first kappa shape index (κ1) is 16.9. The second kappa shape index (κ2) is 7.68. The molecule has 1 aromatic carbocycles. The number of amides is 2. The van der Waals surface area contributed by atoms with E-state index in [1.165, 1.54) is 0 Å². The molecule has 1 aromatic heterocycles. The number of carbonyl (C=O) groups is 2. The minimum atomic E-state index is -0.228. The number of H-pyrrole nitrogens is 1. The van der Waals surface area contributed by atoms with Gasteiger partial charge in [0.2, 0.25) is 5.91 Å². The molecule has 23 heavy (non-hydrogen) atoms. The first-order valence-electron chi connectivity index (χ1n) is 7.31. The summed E-state index contributed by atoms with van der Waals surface area (Å²) in [6, 6.07) is 6.75. The van der Waals surface area contributed by atoms with E-state index in [4.69, 9.17) is 12.2 Å². The van der Waals surface area contributed by atoms with E-state index in [2.05, 4.69) is 20.8 Å². The molecule has 0 aliphatic rings. The maximum atomic E-state index is 12.2. The first-order valence-corrected chi connectivity index (χ1v) is 7.72. The number of nitrogens with zero attached hydrogens (tertiary/aromatic N) is 2. The van der Waals surface area contributed by atoms with Crippen LogP contribution in [0.3, 0.4) is 0 Å². The predicted molar refractivity (Wildman–Crippen MR) is 89.9 cm³/mol. The summed E-state index contributed by atoms with van der Waals surface area (Å²) >= 11 is 5.15. The van der Waals surface area contributed by atoms with Gasteiger partial charge in [-0.25, -0.2) is 0 Å². The Kier molecular flexibility index (Phi) is 5.64. The zero-order valence-electron chi connectivity index (χ0n) is 13.0. The molecule has 8 heteroatoms. The van der Waals surface area contributed by atoms with Gasteiger partial charge in [0.15, 0.2) is 4.77 Å². The normalized spacial score (nSPS) is 10.3. The van der Waals surface area contributed by atoms with Gasteiger partial charge in [-0.15, -0.1) is 0 Å². The second-order valence-corrected chi connectivity index (χ2v) is 5.38. The maximum Gasteiger partial charge on any atom is 0.251 e. The Morgan fingerprint density at radius 3 is 2.87 bits per heavy atom. The van der Waals surface area contributed by atoms with Crippen LogP contribution in [0.4, 0.5) is 5.69 Å². The van der Waals surface area contributed by atoms with Gasteiger partial charge in [0.25, 0.3) is 5.91 Å². The van der Waals surface area contributed by atoms with Crippen LogP contribution in [-0.4, -0.2) is 33.6 Å². The van der Waals surface area contributed by atoms with Crippen molar-refractivity contribution in [2.45, 2.75) is 26.3 Å². The van der Waals surface area contributed by atoms with Crippen LogP contribution in [0, 0.1) is 4.77 Å². The molecule has 0 spiro atoms. The zero-order chi connectivity index (χ0) is 16.8. The van der Waals surface area contributed by atoms with E-state index in [1.54, 1.807) is 35.9 Å². The number of aromatic nitrogens is 3. The van der Waals surface area contributed by atoms with E-state index in [-0.39, 0.29) is 18.4 Å². The molecule has 0 fully saturated rings. The van der Waals surface area contributed by atoms with Crippen LogP contribution in [0.15, 0.2) is 24.3 Å². The molecule has 2 rings (SSSR count). The highest BCUT2D eigenvalue weighted by Gasteiger charge is 2.11. The third-order valence-corrected chi connectivity index (χ3v) is 3.56. The number of aromatic amines is 1. The number of nitrogens with one attached hydrogen (secondary N) is 3. The summed E-state index contributed by atoms with van der Waals surface area (Å²) in [5.41, 5.74) is 1.04. The molecule has 0 saturated carbocycles. The molecular weight excluding hydrogens is 314 g/mol. The third kappa shape index (κ3) is 4.26. The number of anilines is 1. The van der Waals surface area contributed by atoms with Gasteiger partial charge in [-0.3, -0.25) is 19.3 Å². The Labute approximate surface area is 139 Å². The fourth-order valence-corrected chi connectivity index (χ4v) is 2.37. The summed E-state index contributed by atoms with van der Waals surface area (Å²) in [4.78, 5) is 23.8. The van der Waals surface area contributed by atoms with Gasteiger partial charge < -0.3 is 10.6 Å². The number of aryl methyl sites for hydroxylation is 1. The molecule has 0 atom stereocenters. The average Bonchev–Trinajstić information content (AvgIpc) is 2.88. The van der Waals surface area contributed by atoms with Crippen molar-refractivity contribution in [2.24, 2.45) is 0 Å². The quantitative estimate of drug-likeness (QED) is 0.704. The zero-order valence-corrected chi connectivity index (χ0v) is 13.9. The van der Waals surface area contributed by atoms with Gasteiger partial charge in [0.05, 0.1) is 0 Å². The largest absolute Gasteiger partial charge is 0.355 e. The molecule has 7 nitrogen and oxygen atoms in total. The van der Waals surface area contributed by atoms with Crippen molar-refractivity contribution >= 4 is 29.7 Å². The number of benzene rings is 1. The Morgan fingerprint density at radius 1 is 1.39 bits per heavy atom. The van der Waals surface area contributed by atoms with Gasteiger partial charge in [0.1, 0.15) is 12.4 Å². The van der Waals surface area contributed by atoms with Crippen molar-refractivity contribution in [3.63, 3.8) is 0 Å². The SMILES string of the molecule is CCCc1n[nH]c(=S)n1CC(=O)Nc1cccc(C(=O)NC)c1. The molecule has 0 aliphatic heterocycles. The van der Waals surface area contributed by atoms with E-state index in [0.717, 1.165) is 18.7 Å². The third-order valence-electron chi connectivity index (χ3n) is 3.25. The molecule has 0 saturated heterocycles. The molecule has 1 heterocycles. The molecule has 0 bridgehead atoms. The topological polar surface area (TPSA) is 91.8 Å². The molecule has 0 radical (unpaired) electrons. The standard InChI is InChI=1S/C15H19N5O2S/c1-3-5-12-18-19-15(23)20(12)9-13(21)17-11-7-4-6-10(8-11)14(22)16-2/h4,6-8H,3,5,9H2,1-2H3,(H,16,22)(H,17,21)(H,19,23). The summed E-state index contributed by atoms with van der Waals surface area (Å²) in [5.74, 6) is 0.323. The molecule has 0 aliphatic carbocycles. The molecule has 0 unspecified atom stereocenters. The van der Waals surface area contributed by atoms with E-state index in [0.29, 0.717) is 16.0 Å². The summed E-state index contributed by atoms with van der Waals surface area (Å²) in [7, 11) is 1.56. The van der Waals surface area contributed by atoms with Crippen LogP contribution >= 0.6 is 12.2 Å². The van der Waals surface area contributed by atoms with Gasteiger partial charge >= 0.3 is 0 Å². The fraction of sp³-hybridized carbons (Fsp3) is 0.333. The van der Waals surface area contributed by atoms with Crippen molar-refractivity contribution in [2.75, 3.05) is 12.4 Å². The van der Waals surface area contributed by atoms with Crippen LogP contribution in [0.25, 0.3) is 0 Å². The maximum absolute atomic E-state index is 12.2. The van der Waals surface area contributed by atoms with Crippen molar-refractivity contribution < 1.29 is 9.59 Å². The lowest BCUT2D eigenvalue weighted by atomic mass is 10.2. The van der Waals surface area contributed by atoms with Gasteiger partial charge in [-0.1, -0.05) is 13.0 Å². The Morgan fingerprint density at radius 2 is 2.17 bits per heavy atom. The van der Waals surface area contributed by atoms with Gasteiger partial charge in [0, 0.05) is 24.7 Å². The lowest BCUT2D eigenvalue weighted by Crippen LogP contribution is -2.21. The monoisotopic (exact) mass is 333 g/mol. The minimum Gasteiger partial charge on any atom is -0.355 e. The summed E-state index contributed by atoms with van der Waals surface area (Å²) in [6.07, 6.45) is 1.65. The van der Waals surface area contributed by atoms with Crippen molar-refractivity contribution in [1.29, 1.82) is 0 Å². The van der Waals surface area contributed by atoms with Crippen molar-refractivity contribution in [1.82, 2.24) is 20.1 Å². The van der Waals surface area contributed by atoms with Crippen LogP contribution in [0.2, 0.25) is 0 Å². The van der Waals surface area contributed by atoms with Crippen molar-refractivity contribution in [3.05, 3.63) is 40.4 Å². The van der Waals surface area contributed by atoms with Gasteiger partial charge in [-0.2, -0.15) is 5.10 Å². The predicted octanol–water partition coefficient (Wildman–Crippen LogP) is 1.89. The molecule has 3 N–H and O–H groups in total. The summed E-state index contributed by atoms with van der Waals surface area (Å²) in [5, 5.41) is 12.1. The first-order chi connectivity index (χ1) is 11.0. The second-order valence-electron chi connectivity index (χ2n) is 4.99. The highest BCUT2D eigenvalue weighted by molar-refractivity contribution is 7.71. The summed E-state index contributed by atoms with van der Waals surface area (Å²) in [6.45, 7) is 2.11. The van der Waals surface area contributed by atoms with E-state index in [1.807, 2.05) is 6.92 Å². The fourth-order valence-electron chi connectivity index (χ4n) is 2.15. The number of hydrogen-bond donors (Lipinski definition) is 3.